The van der Waals surface area contributed by atoms with E-state index >= 15 is 0 Å². The van der Waals surface area contributed by atoms with Crippen LogP contribution >= 0.6 is 12.6 Å². The lowest BCUT2D eigenvalue weighted by atomic mass is 9.98. The van der Waals surface area contributed by atoms with E-state index in [-0.39, 0.29) is 5.91 Å². The van der Waals surface area contributed by atoms with E-state index in [0.29, 0.717) is 0 Å². The molecule has 1 heterocycles. The highest BCUT2D eigenvalue weighted by atomic mass is 32.1. The van der Waals surface area contributed by atoms with Crippen molar-refractivity contribution >= 4 is 18.5 Å². The number of piperidine rings is 1. The number of amides is 1. The minimum Gasteiger partial charge on any atom is -0.339 e. The summed E-state index contributed by atoms with van der Waals surface area (Å²) in [6, 6.07) is 5.76. The number of thiol groups is 1. The van der Waals surface area contributed by atoms with E-state index < -0.39 is 0 Å². The molecule has 0 spiro atoms. The molecule has 0 saturated carbocycles. The molecule has 1 aliphatic heterocycles. The molecular weight excluding hydrogens is 230 g/mol. The molecule has 1 amide bonds. The molecular formula is C14H19NOS. The quantitative estimate of drug-likeness (QED) is 0.758. The maximum Gasteiger partial charge on any atom is 0.254 e. The summed E-state index contributed by atoms with van der Waals surface area (Å²) >= 11 is 4.30. The third kappa shape index (κ3) is 2.83. The lowest BCUT2D eigenvalue weighted by Gasteiger charge is -2.30. The fourth-order valence-electron chi connectivity index (χ4n) is 2.22. The van der Waals surface area contributed by atoms with Crippen molar-refractivity contribution in [2.24, 2.45) is 5.92 Å². The van der Waals surface area contributed by atoms with Crippen molar-refractivity contribution in [1.82, 2.24) is 4.90 Å². The van der Waals surface area contributed by atoms with Crippen molar-refractivity contribution in [1.29, 1.82) is 0 Å². The second-order valence-corrected chi connectivity index (χ2v) is 5.49. The van der Waals surface area contributed by atoms with Crippen LogP contribution < -0.4 is 0 Å². The number of hydrogen-bond donors (Lipinski definition) is 1. The van der Waals surface area contributed by atoms with Gasteiger partial charge in [0.05, 0.1) is 0 Å². The number of carbonyl (C=O) groups is 1. The van der Waals surface area contributed by atoms with E-state index in [0.717, 1.165) is 47.9 Å². The standard InChI is InChI=1S/C14H19NOS/c1-10-5-7-15(8-6-10)14(16)13-9-12(17)4-3-11(13)2/h3-4,9-10,17H,5-8H2,1-2H3. The van der Waals surface area contributed by atoms with Crippen molar-refractivity contribution in [3.05, 3.63) is 29.3 Å². The lowest BCUT2D eigenvalue weighted by Crippen LogP contribution is -2.38. The van der Waals surface area contributed by atoms with E-state index in [1.165, 1.54) is 0 Å². The zero-order chi connectivity index (χ0) is 12.4. The topological polar surface area (TPSA) is 20.3 Å². The number of rotatable bonds is 1. The zero-order valence-electron chi connectivity index (χ0n) is 10.4. The van der Waals surface area contributed by atoms with Crippen LogP contribution in [0.3, 0.4) is 0 Å². The first-order chi connectivity index (χ1) is 8.08. The first kappa shape index (κ1) is 12.5. The summed E-state index contributed by atoms with van der Waals surface area (Å²) in [7, 11) is 0. The van der Waals surface area contributed by atoms with E-state index in [1.54, 1.807) is 0 Å². The van der Waals surface area contributed by atoms with Gasteiger partial charge >= 0.3 is 0 Å². The van der Waals surface area contributed by atoms with Gasteiger partial charge in [0.1, 0.15) is 0 Å². The van der Waals surface area contributed by atoms with Crippen LogP contribution in [0.1, 0.15) is 35.7 Å². The van der Waals surface area contributed by atoms with Gasteiger partial charge in [0, 0.05) is 23.5 Å². The lowest BCUT2D eigenvalue weighted by molar-refractivity contribution is 0.0696. The van der Waals surface area contributed by atoms with E-state index in [9.17, 15) is 4.79 Å². The zero-order valence-corrected chi connectivity index (χ0v) is 11.3. The van der Waals surface area contributed by atoms with Gasteiger partial charge in [0.2, 0.25) is 0 Å². The van der Waals surface area contributed by atoms with E-state index in [1.807, 2.05) is 30.0 Å². The first-order valence-corrected chi connectivity index (χ1v) is 6.61. The van der Waals surface area contributed by atoms with Crippen molar-refractivity contribution in [2.75, 3.05) is 13.1 Å². The van der Waals surface area contributed by atoms with Crippen LogP contribution in [0.25, 0.3) is 0 Å². The maximum atomic E-state index is 12.4. The van der Waals surface area contributed by atoms with E-state index in [4.69, 9.17) is 0 Å². The second kappa shape index (κ2) is 5.13. The Bertz CT molecular complexity index is 422. The molecule has 0 aromatic heterocycles. The molecule has 17 heavy (non-hydrogen) atoms. The van der Waals surface area contributed by atoms with Gasteiger partial charge < -0.3 is 4.90 Å². The Balaban J connectivity index is 2.16. The molecule has 92 valence electrons. The molecule has 0 aliphatic carbocycles. The Labute approximate surface area is 108 Å². The van der Waals surface area contributed by atoms with Gasteiger partial charge in [-0.2, -0.15) is 0 Å². The summed E-state index contributed by atoms with van der Waals surface area (Å²) in [5.74, 6) is 0.904. The molecule has 2 nitrogen and oxygen atoms in total. The number of carbonyl (C=O) groups excluding carboxylic acids is 1. The van der Waals surface area contributed by atoms with Gasteiger partial charge in [-0.1, -0.05) is 13.0 Å². The van der Waals surface area contributed by atoms with Crippen LogP contribution in [0.4, 0.5) is 0 Å². The van der Waals surface area contributed by atoms with Gasteiger partial charge in [0.25, 0.3) is 5.91 Å². The third-order valence-electron chi connectivity index (χ3n) is 3.52. The summed E-state index contributed by atoms with van der Waals surface area (Å²) in [5, 5.41) is 0. The Morgan fingerprint density at radius 1 is 1.35 bits per heavy atom. The smallest absolute Gasteiger partial charge is 0.254 e. The number of likely N-dealkylation sites (tertiary alicyclic amines) is 1. The van der Waals surface area contributed by atoms with Gasteiger partial charge in [-0.3, -0.25) is 4.79 Å². The van der Waals surface area contributed by atoms with E-state index in [2.05, 4.69) is 19.6 Å². The fourth-order valence-corrected chi connectivity index (χ4v) is 2.43. The average molecular weight is 249 g/mol. The Kier molecular flexibility index (Phi) is 3.77. The molecule has 0 unspecified atom stereocenters. The van der Waals surface area contributed by atoms with Crippen LogP contribution in [-0.4, -0.2) is 23.9 Å². The van der Waals surface area contributed by atoms with Crippen molar-refractivity contribution < 1.29 is 4.79 Å². The average Bonchev–Trinajstić information content (AvgIpc) is 2.32. The van der Waals surface area contributed by atoms with Crippen LogP contribution in [-0.2, 0) is 0 Å². The largest absolute Gasteiger partial charge is 0.339 e. The molecule has 1 aromatic rings. The number of benzene rings is 1. The molecule has 0 radical (unpaired) electrons. The summed E-state index contributed by atoms with van der Waals surface area (Å²) in [4.78, 5) is 15.2. The predicted molar refractivity (Wildman–Crippen MR) is 72.7 cm³/mol. The Morgan fingerprint density at radius 2 is 2.00 bits per heavy atom. The molecule has 1 aliphatic rings. The van der Waals surface area contributed by atoms with Gasteiger partial charge in [0.15, 0.2) is 0 Å². The monoisotopic (exact) mass is 249 g/mol. The minimum atomic E-state index is 0.158. The highest BCUT2D eigenvalue weighted by Gasteiger charge is 2.22. The van der Waals surface area contributed by atoms with Crippen LogP contribution in [0.15, 0.2) is 23.1 Å². The molecule has 2 rings (SSSR count). The fraction of sp³-hybridized carbons (Fsp3) is 0.500. The number of nitrogens with zero attached hydrogens (tertiary/aromatic N) is 1. The molecule has 0 bridgehead atoms. The second-order valence-electron chi connectivity index (χ2n) is 4.97. The van der Waals surface area contributed by atoms with Crippen molar-refractivity contribution in [3.8, 4) is 0 Å². The highest BCUT2D eigenvalue weighted by Crippen LogP contribution is 2.21. The summed E-state index contributed by atoms with van der Waals surface area (Å²) < 4.78 is 0. The molecule has 1 fully saturated rings. The summed E-state index contributed by atoms with van der Waals surface area (Å²) in [6.45, 7) is 6.00. The summed E-state index contributed by atoms with van der Waals surface area (Å²) in [6.07, 6.45) is 2.23. The van der Waals surface area contributed by atoms with Gasteiger partial charge in [-0.15, -0.1) is 12.6 Å². The van der Waals surface area contributed by atoms with Crippen molar-refractivity contribution in [3.63, 3.8) is 0 Å². The van der Waals surface area contributed by atoms with Gasteiger partial charge in [-0.25, -0.2) is 0 Å². The SMILES string of the molecule is Cc1ccc(S)cc1C(=O)N1CCC(C)CC1. The molecule has 0 atom stereocenters. The minimum absolute atomic E-state index is 0.158. The maximum absolute atomic E-state index is 12.4. The van der Waals surface area contributed by atoms with Crippen molar-refractivity contribution in [2.45, 2.75) is 31.6 Å². The molecule has 1 saturated heterocycles. The summed E-state index contributed by atoms with van der Waals surface area (Å²) in [5.41, 5.74) is 1.83. The normalized spacial score (nSPS) is 17.2. The molecule has 1 aromatic carbocycles. The van der Waals surface area contributed by atoms with Crippen LogP contribution in [0.5, 0.6) is 0 Å². The first-order valence-electron chi connectivity index (χ1n) is 6.17. The number of hydrogen-bond acceptors (Lipinski definition) is 2. The van der Waals surface area contributed by atoms with Crippen LogP contribution in [0.2, 0.25) is 0 Å². The third-order valence-corrected chi connectivity index (χ3v) is 3.80. The molecule has 3 heteroatoms. The Hall–Kier alpha value is -0.960. The van der Waals surface area contributed by atoms with Crippen LogP contribution in [0, 0.1) is 12.8 Å². The molecule has 0 N–H and O–H groups in total. The van der Waals surface area contributed by atoms with Gasteiger partial charge in [-0.05, 0) is 43.4 Å². The predicted octanol–water partition coefficient (Wildman–Crippen LogP) is 3.16. The Morgan fingerprint density at radius 3 is 2.65 bits per heavy atom. The highest BCUT2D eigenvalue weighted by molar-refractivity contribution is 7.80. The number of aryl methyl sites for hydroxylation is 1.